The molecule has 32 heavy (non-hydrogen) atoms. The van der Waals surface area contributed by atoms with Crippen molar-refractivity contribution in [3.63, 3.8) is 0 Å². The summed E-state index contributed by atoms with van der Waals surface area (Å²) in [5.74, 6) is -1.36. The molecule has 0 saturated carbocycles. The third-order valence-electron chi connectivity index (χ3n) is 4.61. The fourth-order valence-corrected chi connectivity index (χ4v) is 2.98. The molecule has 0 heterocycles. The van der Waals surface area contributed by atoms with Gasteiger partial charge < -0.3 is 25.2 Å². The first kappa shape index (κ1) is 29.4. The number of hydrogen-bond donors (Lipinski definition) is 3. The van der Waals surface area contributed by atoms with Gasteiger partial charge in [0.25, 0.3) is 0 Å². The van der Waals surface area contributed by atoms with Crippen molar-refractivity contribution in [2.75, 3.05) is 20.3 Å². The number of hydrogen-bond acceptors (Lipinski definition) is 7. The molecule has 9 heteroatoms. The minimum absolute atomic E-state index is 0.0327. The number of nitrogens with one attached hydrogen (secondary N) is 2. The van der Waals surface area contributed by atoms with Gasteiger partial charge in [0, 0.05) is 12.1 Å². The maximum absolute atomic E-state index is 11.9. The van der Waals surface area contributed by atoms with E-state index in [0.717, 1.165) is 12.1 Å². The number of carbonyl (C=O) groups is 3. The first-order chi connectivity index (χ1) is 15.1. The molecule has 1 aromatic carbocycles. The highest BCUT2D eigenvalue weighted by molar-refractivity contribution is 5.89. The molecule has 0 radical (unpaired) electrons. The second-order valence-electron chi connectivity index (χ2n) is 7.71. The summed E-state index contributed by atoms with van der Waals surface area (Å²) in [5, 5.41) is 13.7. The Morgan fingerprint density at radius 2 is 1.56 bits per heavy atom. The molecule has 0 fully saturated rings. The van der Waals surface area contributed by atoms with Crippen LogP contribution in [0.2, 0.25) is 0 Å². The Balaban J connectivity index is 0.000000900. The zero-order valence-corrected chi connectivity index (χ0v) is 20.3. The number of carbonyl (C=O) groups excluding carboxylic acids is 3. The summed E-state index contributed by atoms with van der Waals surface area (Å²) in [4.78, 5) is 37.2. The van der Waals surface area contributed by atoms with E-state index in [1.165, 1.54) is 14.0 Å². The highest BCUT2D eigenvalue weighted by Crippen LogP contribution is 2.03. The van der Waals surface area contributed by atoms with Gasteiger partial charge in [-0.1, -0.05) is 37.3 Å². The van der Waals surface area contributed by atoms with Crippen LogP contribution in [0.5, 0.6) is 0 Å². The van der Waals surface area contributed by atoms with Crippen LogP contribution in [0.3, 0.4) is 0 Å². The molecule has 0 aliphatic rings. The summed E-state index contributed by atoms with van der Waals surface area (Å²) >= 11 is 0. The van der Waals surface area contributed by atoms with E-state index < -0.39 is 36.7 Å². The molecule has 0 bridgehead atoms. The number of aliphatic hydroxyl groups excluding tert-OH is 1. The van der Waals surface area contributed by atoms with E-state index >= 15 is 0 Å². The van der Waals surface area contributed by atoms with Gasteiger partial charge in [0.2, 0.25) is 5.91 Å². The standard InChI is InChI=1S/C15H20N2O6.C8H19N/c1-10(14(20)22-2)16-13(19)12(8-18)17-15(21)23-9-11-6-4-3-5-7-11;1-6-9(7(2)3)8(4)5/h3-7,10,12,18H,8-9H2,1-2H3,(H,16,19)(H,17,21);7-8H,6H2,1-5H3/t10-,12+;/m1./s1. The minimum Gasteiger partial charge on any atom is -0.467 e. The molecule has 9 nitrogen and oxygen atoms in total. The molecule has 0 aliphatic carbocycles. The van der Waals surface area contributed by atoms with Gasteiger partial charge in [-0.3, -0.25) is 9.69 Å². The van der Waals surface area contributed by atoms with Crippen molar-refractivity contribution >= 4 is 18.0 Å². The lowest BCUT2D eigenvalue weighted by Crippen LogP contribution is -2.52. The molecule has 0 saturated heterocycles. The van der Waals surface area contributed by atoms with Crippen LogP contribution in [0.1, 0.15) is 47.1 Å². The fraction of sp³-hybridized carbons (Fsp3) is 0.609. The molecule has 2 amide bonds. The molecule has 0 unspecified atom stereocenters. The summed E-state index contributed by atoms with van der Waals surface area (Å²) in [6, 6.07) is 8.24. The van der Waals surface area contributed by atoms with Crippen molar-refractivity contribution < 1.29 is 29.0 Å². The van der Waals surface area contributed by atoms with Crippen LogP contribution in [-0.2, 0) is 25.7 Å². The molecular formula is C23H39N3O6. The van der Waals surface area contributed by atoms with Crippen LogP contribution < -0.4 is 10.6 Å². The third-order valence-corrected chi connectivity index (χ3v) is 4.61. The van der Waals surface area contributed by atoms with Gasteiger partial charge in [-0.05, 0) is 46.7 Å². The maximum Gasteiger partial charge on any atom is 0.408 e. The first-order valence-electron chi connectivity index (χ1n) is 10.8. The molecule has 0 aliphatic heterocycles. The van der Waals surface area contributed by atoms with E-state index in [2.05, 4.69) is 54.9 Å². The van der Waals surface area contributed by atoms with E-state index in [0.29, 0.717) is 12.1 Å². The molecule has 1 rings (SSSR count). The van der Waals surface area contributed by atoms with E-state index in [-0.39, 0.29) is 6.61 Å². The molecule has 0 spiro atoms. The van der Waals surface area contributed by atoms with Crippen molar-refractivity contribution in [3.8, 4) is 0 Å². The van der Waals surface area contributed by atoms with Crippen LogP contribution in [0.25, 0.3) is 0 Å². The SMILES string of the molecule is CCN(C(C)C)C(C)C.COC(=O)[C@@H](C)NC(=O)[C@H](CO)NC(=O)OCc1ccccc1. The van der Waals surface area contributed by atoms with Gasteiger partial charge in [-0.2, -0.15) is 0 Å². The Morgan fingerprint density at radius 3 is 1.97 bits per heavy atom. The van der Waals surface area contributed by atoms with Crippen molar-refractivity contribution in [1.29, 1.82) is 0 Å². The highest BCUT2D eigenvalue weighted by Gasteiger charge is 2.24. The number of alkyl carbamates (subject to hydrolysis) is 1. The molecular weight excluding hydrogens is 414 g/mol. The number of ether oxygens (including phenoxy) is 2. The second kappa shape index (κ2) is 16.0. The lowest BCUT2D eigenvalue weighted by atomic mass is 10.2. The van der Waals surface area contributed by atoms with Crippen LogP contribution in [-0.4, -0.2) is 72.4 Å². The van der Waals surface area contributed by atoms with Crippen LogP contribution in [0.15, 0.2) is 30.3 Å². The highest BCUT2D eigenvalue weighted by atomic mass is 16.5. The number of esters is 1. The maximum atomic E-state index is 11.9. The van der Waals surface area contributed by atoms with Gasteiger partial charge in [0.15, 0.2) is 0 Å². The Bertz CT molecular complexity index is 674. The van der Waals surface area contributed by atoms with Crippen molar-refractivity contribution in [2.24, 2.45) is 0 Å². The number of aliphatic hydroxyl groups is 1. The van der Waals surface area contributed by atoms with E-state index in [1.807, 2.05) is 6.07 Å². The number of nitrogens with zero attached hydrogens (tertiary/aromatic N) is 1. The van der Waals surface area contributed by atoms with Crippen molar-refractivity contribution in [3.05, 3.63) is 35.9 Å². The number of benzene rings is 1. The number of amides is 2. The minimum atomic E-state index is -1.23. The average Bonchev–Trinajstić information content (AvgIpc) is 2.76. The van der Waals surface area contributed by atoms with Gasteiger partial charge in [0.1, 0.15) is 18.7 Å². The largest absolute Gasteiger partial charge is 0.467 e. The van der Waals surface area contributed by atoms with Gasteiger partial charge >= 0.3 is 12.1 Å². The Hall–Kier alpha value is -2.65. The Morgan fingerprint density at radius 1 is 1.00 bits per heavy atom. The summed E-state index contributed by atoms with van der Waals surface area (Å²) in [6.07, 6.45) is -0.853. The molecule has 2 atom stereocenters. The third kappa shape index (κ3) is 11.7. The van der Waals surface area contributed by atoms with Crippen LogP contribution >= 0.6 is 0 Å². The topological polar surface area (TPSA) is 117 Å². The van der Waals surface area contributed by atoms with Crippen LogP contribution in [0.4, 0.5) is 4.79 Å². The average molecular weight is 454 g/mol. The molecule has 1 aromatic rings. The molecule has 3 N–H and O–H groups in total. The summed E-state index contributed by atoms with van der Waals surface area (Å²) < 4.78 is 9.42. The monoisotopic (exact) mass is 453 g/mol. The summed E-state index contributed by atoms with van der Waals surface area (Å²) in [7, 11) is 1.19. The van der Waals surface area contributed by atoms with Gasteiger partial charge in [0.05, 0.1) is 13.7 Å². The quantitative estimate of drug-likeness (QED) is 0.464. The Labute approximate surface area is 191 Å². The summed E-state index contributed by atoms with van der Waals surface area (Å²) in [6.45, 7) is 13.1. The predicted octanol–water partition coefficient (Wildman–Crippen LogP) is 2.08. The normalized spacial score (nSPS) is 12.5. The zero-order valence-electron chi connectivity index (χ0n) is 20.3. The second-order valence-corrected chi connectivity index (χ2v) is 7.71. The number of methoxy groups -OCH3 is 1. The molecule has 182 valence electrons. The lowest BCUT2D eigenvalue weighted by molar-refractivity contribution is -0.144. The van der Waals surface area contributed by atoms with E-state index in [9.17, 15) is 19.5 Å². The fourth-order valence-electron chi connectivity index (χ4n) is 2.98. The first-order valence-corrected chi connectivity index (χ1v) is 10.8. The van der Waals surface area contributed by atoms with Crippen molar-refractivity contribution in [1.82, 2.24) is 15.5 Å². The van der Waals surface area contributed by atoms with Crippen molar-refractivity contribution in [2.45, 2.75) is 72.3 Å². The lowest BCUT2D eigenvalue weighted by Gasteiger charge is -2.28. The number of rotatable bonds is 10. The summed E-state index contributed by atoms with van der Waals surface area (Å²) in [5.41, 5.74) is 0.784. The Kier molecular flexibility index (Phi) is 14.7. The van der Waals surface area contributed by atoms with E-state index in [4.69, 9.17) is 4.74 Å². The predicted molar refractivity (Wildman–Crippen MR) is 123 cm³/mol. The zero-order chi connectivity index (χ0) is 24.7. The molecule has 0 aromatic heterocycles. The van der Waals surface area contributed by atoms with Gasteiger partial charge in [-0.25, -0.2) is 9.59 Å². The smallest absolute Gasteiger partial charge is 0.408 e. The van der Waals surface area contributed by atoms with Gasteiger partial charge in [-0.15, -0.1) is 0 Å². The van der Waals surface area contributed by atoms with Crippen LogP contribution in [0, 0.1) is 0 Å². The van der Waals surface area contributed by atoms with E-state index in [1.54, 1.807) is 24.3 Å².